The zero-order valence-corrected chi connectivity index (χ0v) is 15.9. The van der Waals surface area contributed by atoms with Crippen LogP contribution >= 0.6 is 0 Å². The Bertz CT molecular complexity index is 726. The van der Waals surface area contributed by atoms with E-state index in [0.717, 1.165) is 24.5 Å². The van der Waals surface area contributed by atoms with Crippen molar-refractivity contribution < 1.29 is 8.42 Å². The van der Waals surface area contributed by atoms with E-state index in [1.807, 2.05) is 18.5 Å². The molecule has 2 rings (SSSR count). The zero-order chi connectivity index (χ0) is 18.4. The van der Waals surface area contributed by atoms with Crippen LogP contribution in [0.2, 0.25) is 0 Å². The summed E-state index contributed by atoms with van der Waals surface area (Å²) < 4.78 is 27.1. The van der Waals surface area contributed by atoms with Crippen LogP contribution < -0.4 is 10.6 Å². The summed E-state index contributed by atoms with van der Waals surface area (Å²) in [6.07, 6.45) is 4.72. The fourth-order valence-corrected chi connectivity index (χ4v) is 3.93. The first-order valence-corrected chi connectivity index (χ1v) is 10.1. The lowest BCUT2D eigenvalue weighted by atomic mass is 10.2. The van der Waals surface area contributed by atoms with Crippen LogP contribution in [0.3, 0.4) is 0 Å². The largest absolute Gasteiger partial charge is 0.355 e. The molecule has 9 nitrogen and oxygen atoms in total. The molecule has 2 N–H and O–H groups in total. The smallest absolute Gasteiger partial charge is 0.211 e. The molecule has 0 aliphatic carbocycles. The third-order valence-electron chi connectivity index (χ3n) is 4.23. The molecule has 0 amide bonds. The van der Waals surface area contributed by atoms with Crippen LogP contribution in [-0.4, -0.2) is 65.4 Å². The van der Waals surface area contributed by atoms with Crippen LogP contribution in [0.5, 0.6) is 0 Å². The van der Waals surface area contributed by atoms with Crippen molar-refractivity contribution in [3.05, 3.63) is 24.3 Å². The van der Waals surface area contributed by atoms with E-state index in [2.05, 4.69) is 32.4 Å². The summed E-state index contributed by atoms with van der Waals surface area (Å²) in [4.78, 5) is 4.51. The Hall–Kier alpha value is -1.94. The van der Waals surface area contributed by atoms with Crippen molar-refractivity contribution in [3.8, 4) is 0 Å². The summed E-state index contributed by atoms with van der Waals surface area (Å²) in [6.45, 7) is 7.60. The first kappa shape index (κ1) is 19.4. The first-order chi connectivity index (χ1) is 11.8. The number of sulfonamides is 1. The number of aromatic nitrogens is 3. The van der Waals surface area contributed by atoms with Crippen LogP contribution in [0.25, 0.3) is 0 Å². The molecule has 1 aromatic rings. The number of aliphatic imine (C=N–C) groups is 1. The Balaban J connectivity index is 2.01. The molecule has 1 aliphatic heterocycles. The van der Waals surface area contributed by atoms with Gasteiger partial charge in [-0.05, 0) is 19.8 Å². The van der Waals surface area contributed by atoms with Gasteiger partial charge < -0.3 is 15.2 Å². The Morgan fingerprint density at radius 2 is 2.20 bits per heavy atom. The van der Waals surface area contributed by atoms with Gasteiger partial charge >= 0.3 is 0 Å². The van der Waals surface area contributed by atoms with E-state index in [1.54, 1.807) is 10.4 Å². The maximum absolute atomic E-state index is 11.8. The van der Waals surface area contributed by atoms with Crippen molar-refractivity contribution in [3.63, 3.8) is 0 Å². The van der Waals surface area contributed by atoms with Crippen molar-refractivity contribution in [1.29, 1.82) is 0 Å². The number of nitrogens with one attached hydrogen (secondary N) is 2. The zero-order valence-electron chi connectivity index (χ0n) is 15.1. The lowest BCUT2D eigenvalue weighted by molar-refractivity contribution is 0.387. The molecule has 0 bridgehead atoms. The monoisotopic (exact) mass is 369 g/mol. The lowest BCUT2D eigenvalue weighted by Gasteiger charge is -2.23. The minimum absolute atomic E-state index is 0.0530. The van der Waals surface area contributed by atoms with Gasteiger partial charge in [0, 0.05) is 32.7 Å². The second-order valence-corrected chi connectivity index (χ2v) is 8.04. The van der Waals surface area contributed by atoms with Gasteiger partial charge in [-0.3, -0.25) is 0 Å². The highest BCUT2D eigenvalue weighted by Crippen LogP contribution is 2.19. The molecular weight excluding hydrogens is 342 g/mol. The Morgan fingerprint density at radius 1 is 1.44 bits per heavy atom. The van der Waals surface area contributed by atoms with E-state index in [-0.39, 0.29) is 6.04 Å². The topological polar surface area (TPSA) is 105 Å². The van der Waals surface area contributed by atoms with Gasteiger partial charge in [-0.2, -0.15) is 4.31 Å². The van der Waals surface area contributed by atoms with Crippen LogP contribution in [0.15, 0.2) is 17.6 Å². The van der Waals surface area contributed by atoms with Crippen molar-refractivity contribution in [2.24, 2.45) is 12.0 Å². The number of hydrogen-bond acceptors (Lipinski definition) is 5. The Kier molecular flexibility index (Phi) is 6.54. The maximum atomic E-state index is 11.8. The highest BCUT2D eigenvalue weighted by atomic mass is 32.2. The van der Waals surface area contributed by atoms with Gasteiger partial charge in [0.05, 0.1) is 6.26 Å². The van der Waals surface area contributed by atoms with Gasteiger partial charge in [0.25, 0.3) is 0 Å². The predicted molar refractivity (Wildman–Crippen MR) is 97.7 cm³/mol. The summed E-state index contributed by atoms with van der Waals surface area (Å²) in [5.74, 6) is 2.19. The summed E-state index contributed by atoms with van der Waals surface area (Å²) in [5.41, 5.74) is 0. The SMILES string of the molecule is C=CCNC(=NCc1nnc(C)n1C)NC[C@H]1CCCN1S(C)(=O)=O. The van der Waals surface area contributed by atoms with Gasteiger partial charge in [-0.1, -0.05) is 6.08 Å². The Labute approximate surface area is 149 Å². The molecule has 1 saturated heterocycles. The van der Waals surface area contributed by atoms with E-state index < -0.39 is 10.0 Å². The van der Waals surface area contributed by atoms with Gasteiger partial charge in [-0.15, -0.1) is 16.8 Å². The third-order valence-corrected chi connectivity index (χ3v) is 5.56. The molecule has 1 fully saturated rings. The molecule has 2 heterocycles. The molecule has 0 saturated carbocycles. The number of rotatable bonds is 7. The molecule has 140 valence electrons. The van der Waals surface area contributed by atoms with Gasteiger partial charge in [-0.25, -0.2) is 13.4 Å². The number of hydrogen-bond donors (Lipinski definition) is 2. The van der Waals surface area contributed by atoms with E-state index in [1.165, 1.54) is 6.26 Å². The molecule has 1 aromatic heterocycles. The van der Waals surface area contributed by atoms with Crippen LogP contribution in [0.1, 0.15) is 24.5 Å². The molecule has 1 aliphatic rings. The molecule has 0 spiro atoms. The van der Waals surface area contributed by atoms with Gasteiger partial charge in [0.15, 0.2) is 11.8 Å². The molecule has 10 heteroatoms. The number of nitrogens with zero attached hydrogens (tertiary/aromatic N) is 5. The highest BCUT2D eigenvalue weighted by Gasteiger charge is 2.31. The normalized spacial score (nSPS) is 19.2. The summed E-state index contributed by atoms with van der Waals surface area (Å²) >= 11 is 0. The average molecular weight is 369 g/mol. The first-order valence-electron chi connectivity index (χ1n) is 8.27. The number of guanidine groups is 1. The van der Waals surface area contributed by atoms with Gasteiger partial charge in [0.1, 0.15) is 12.4 Å². The minimum Gasteiger partial charge on any atom is -0.355 e. The standard InChI is InChI=1S/C15H27N7O2S/c1-5-8-16-15(18-11-14-20-19-12(2)21(14)3)17-10-13-7-6-9-22(13)25(4,23)24/h5,13H,1,6-11H2,2-4H3,(H2,16,17,18)/t13-/m1/s1. The fourth-order valence-electron chi connectivity index (χ4n) is 2.75. The minimum atomic E-state index is -3.18. The number of aryl methyl sites for hydroxylation is 1. The predicted octanol–water partition coefficient (Wildman–Crippen LogP) is -0.231. The second kappa shape index (κ2) is 8.43. The van der Waals surface area contributed by atoms with Crippen molar-refractivity contribution >= 4 is 16.0 Å². The summed E-state index contributed by atoms with van der Waals surface area (Å²) in [7, 11) is -1.28. The summed E-state index contributed by atoms with van der Waals surface area (Å²) in [5, 5.41) is 14.5. The quantitative estimate of drug-likeness (QED) is 0.391. The van der Waals surface area contributed by atoms with Crippen molar-refractivity contribution in [2.75, 3.05) is 25.9 Å². The second-order valence-electron chi connectivity index (χ2n) is 6.11. The van der Waals surface area contributed by atoms with Crippen molar-refractivity contribution in [2.45, 2.75) is 32.4 Å². The molecule has 0 aromatic carbocycles. The maximum Gasteiger partial charge on any atom is 0.211 e. The molecular formula is C15H27N7O2S. The van der Waals surface area contributed by atoms with E-state index >= 15 is 0 Å². The van der Waals surface area contributed by atoms with E-state index in [4.69, 9.17) is 0 Å². The van der Waals surface area contributed by atoms with E-state index in [9.17, 15) is 8.42 Å². The molecule has 0 radical (unpaired) electrons. The summed E-state index contributed by atoms with van der Waals surface area (Å²) in [6, 6.07) is -0.0530. The average Bonchev–Trinajstić information content (AvgIpc) is 3.15. The highest BCUT2D eigenvalue weighted by molar-refractivity contribution is 7.88. The lowest BCUT2D eigenvalue weighted by Crippen LogP contribution is -2.46. The van der Waals surface area contributed by atoms with Crippen LogP contribution in [-0.2, 0) is 23.6 Å². The van der Waals surface area contributed by atoms with Crippen LogP contribution in [0.4, 0.5) is 0 Å². The molecule has 0 unspecified atom stereocenters. The van der Waals surface area contributed by atoms with Gasteiger partial charge in [0.2, 0.25) is 10.0 Å². The van der Waals surface area contributed by atoms with Crippen LogP contribution in [0, 0.1) is 6.92 Å². The Morgan fingerprint density at radius 3 is 2.80 bits per heavy atom. The molecule has 25 heavy (non-hydrogen) atoms. The third kappa shape index (κ3) is 5.27. The van der Waals surface area contributed by atoms with Crippen molar-refractivity contribution in [1.82, 2.24) is 29.7 Å². The molecule has 1 atom stereocenters. The van der Waals surface area contributed by atoms with E-state index in [0.29, 0.717) is 32.1 Å². The fraction of sp³-hybridized carbons (Fsp3) is 0.667.